The number of aliphatic carboxylic acids is 1. The summed E-state index contributed by atoms with van der Waals surface area (Å²) in [6, 6.07) is 8.57. The molecule has 1 aromatic rings. The predicted octanol–water partition coefficient (Wildman–Crippen LogP) is 3.03. The van der Waals surface area contributed by atoms with E-state index in [0.29, 0.717) is 17.2 Å². The minimum atomic E-state index is -4.93. The zero-order valence-corrected chi connectivity index (χ0v) is 10.9. The van der Waals surface area contributed by atoms with E-state index in [1.165, 1.54) is 0 Å². The maximum Gasteiger partial charge on any atom is 0.408 e. The van der Waals surface area contributed by atoms with Gasteiger partial charge in [0.25, 0.3) is 0 Å². The monoisotopic (exact) mass is 298 g/mol. The second-order valence-corrected chi connectivity index (χ2v) is 4.83. The molecule has 2 rings (SSSR count). The summed E-state index contributed by atoms with van der Waals surface area (Å²) in [6.07, 6.45) is -3.93. The maximum absolute atomic E-state index is 13.2. The molecule has 21 heavy (non-hydrogen) atoms. The van der Waals surface area contributed by atoms with Gasteiger partial charge in [0, 0.05) is 0 Å². The van der Waals surface area contributed by atoms with Crippen LogP contribution in [0.5, 0.6) is 0 Å². The first-order valence-corrected chi connectivity index (χ1v) is 6.19. The van der Waals surface area contributed by atoms with Crippen LogP contribution in [0.1, 0.15) is 12.0 Å². The topological polar surface area (TPSA) is 57.5 Å². The Morgan fingerprint density at radius 1 is 1.24 bits per heavy atom. The van der Waals surface area contributed by atoms with Crippen molar-refractivity contribution in [2.45, 2.75) is 12.6 Å². The lowest BCUT2D eigenvalue weighted by molar-refractivity contribution is -0.217. The van der Waals surface area contributed by atoms with Gasteiger partial charge < -0.3 is 10.2 Å². The minimum absolute atomic E-state index is 0.0587. The van der Waals surface area contributed by atoms with Crippen molar-refractivity contribution in [3.8, 4) is 0 Å². The van der Waals surface area contributed by atoms with Crippen molar-refractivity contribution in [1.29, 1.82) is 0 Å². The van der Waals surface area contributed by atoms with Crippen molar-refractivity contribution in [3.63, 3.8) is 0 Å². The molecule has 0 radical (unpaired) electrons. The molecule has 112 valence electrons. The maximum atomic E-state index is 13.2. The van der Waals surface area contributed by atoms with Crippen molar-refractivity contribution in [3.05, 3.63) is 53.6 Å². The van der Waals surface area contributed by atoms with Crippen molar-refractivity contribution in [2.24, 2.45) is 5.41 Å². The number of aliphatic hydroxyl groups excluding tert-OH is 1. The van der Waals surface area contributed by atoms with E-state index in [9.17, 15) is 23.1 Å². The molecule has 1 unspecified atom stereocenters. The molecule has 0 saturated heterocycles. The summed E-state index contributed by atoms with van der Waals surface area (Å²) < 4.78 is 39.5. The van der Waals surface area contributed by atoms with Gasteiger partial charge in [-0.05, 0) is 23.1 Å². The number of benzene rings is 1. The van der Waals surface area contributed by atoms with Crippen molar-refractivity contribution in [1.82, 2.24) is 0 Å². The fourth-order valence-corrected chi connectivity index (χ4v) is 2.36. The molecular weight excluding hydrogens is 285 g/mol. The number of hydrogen-bond acceptors (Lipinski definition) is 2. The molecule has 0 aliphatic heterocycles. The Morgan fingerprint density at radius 2 is 1.86 bits per heavy atom. The van der Waals surface area contributed by atoms with E-state index in [0.717, 1.165) is 6.08 Å². The molecule has 3 nitrogen and oxygen atoms in total. The van der Waals surface area contributed by atoms with Crippen LogP contribution in [-0.4, -0.2) is 29.0 Å². The standard InChI is InChI=1S/C15H13F3O3/c16-15(17,18)14(13(20)21)7-6-12(11(8-14)9-19)10-4-2-1-3-5-10/h1-7,19H,8-9H2,(H,20,21). The first-order valence-electron chi connectivity index (χ1n) is 6.19. The largest absolute Gasteiger partial charge is 0.480 e. The Hall–Kier alpha value is -2.08. The lowest BCUT2D eigenvalue weighted by Crippen LogP contribution is -2.45. The van der Waals surface area contributed by atoms with Gasteiger partial charge in [-0.3, -0.25) is 4.79 Å². The lowest BCUT2D eigenvalue weighted by Gasteiger charge is -2.33. The summed E-state index contributed by atoms with van der Waals surface area (Å²) in [5, 5.41) is 18.4. The van der Waals surface area contributed by atoms with Gasteiger partial charge >= 0.3 is 12.1 Å². The Morgan fingerprint density at radius 3 is 2.33 bits per heavy atom. The van der Waals surface area contributed by atoms with Crippen molar-refractivity contribution < 1.29 is 28.2 Å². The SMILES string of the molecule is O=C(O)C1(C(F)(F)F)C=CC(c2ccccc2)=C(CO)C1. The third kappa shape index (κ3) is 2.58. The van der Waals surface area contributed by atoms with Gasteiger partial charge in [0.2, 0.25) is 0 Å². The Kier molecular flexibility index (Phi) is 3.91. The number of allylic oxidation sites excluding steroid dienone is 2. The number of hydrogen-bond donors (Lipinski definition) is 2. The molecule has 1 aliphatic carbocycles. The average molecular weight is 298 g/mol. The average Bonchev–Trinajstić information content (AvgIpc) is 2.46. The van der Waals surface area contributed by atoms with Crippen molar-refractivity contribution >= 4 is 11.5 Å². The van der Waals surface area contributed by atoms with E-state index in [2.05, 4.69) is 0 Å². The first-order chi connectivity index (χ1) is 9.82. The van der Waals surface area contributed by atoms with Gasteiger partial charge in [0.05, 0.1) is 6.61 Å². The quantitative estimate of drug-likeness (QED) is 0.902. The second-order valence-electron chi connectivity index (χ2n) is 4.83. The highest BCUT2D eigenvalue weighted by atomic mass is 19.4. The van der Waals surface area contributed by atoms with E-state index >= 15 is 0 Å². The highest BCUT2D eigenvalue weighted by Gasteiger charge is 2.60. The van der Waals surface area contributed by atoms with E-state index in [4.69, 9.17) is 5.11 Å². The van der Waals surface area contributed by atoms with Crippen LogP contribution in [0.25, 0.3) is 5.57 Å². The molecule has 0 fully saturated rings. The van der Waals surface area contributed by atoms with Crippen LogP contribution in [0.15, 0.2) is 48.1 Å². The molecule has 0 aromatic heterocycles. The molecule has 0 heterocycles. The van der Waals surface area contributed by atoms with Crippen LogP contribution < -0.4 is 0 Å². The van der Waals surface area contributed by atoms with Crippen LogP contribution in [0.3, 0.4) is 0 Å². The minimum Gasteiger partial charge on any atom is -0.480 e. The summed E-state index contributed by atoms with van der Waals surface area (Å²) in [5.41, 5.74) is -1.86. The van der Waals surface area contributed by atoms with Gasteiger partial charge in [-0.25, -0.2) is 0 Å². The number of carboxylic acids is 1. The second kappa shape index (κ2) is 5.37. The number of carboxylic acid groups (broad SMARTS) is 1. The summed E-state index contributed by atoms with van der Waals surface area (Å²) in [7, 11) is 0. The van der Waals surface area contributed by atoms with Gasteiger partial charge in [0.1, 0.15) is 0 Å². The Bertz CT molecular complexity index is 602. The number of halogens is 3. The molecule has 0 spiro atoms. The molecular formula is C15H13F3O3. The van der Waals surface area contributed by atoms with E-state index in [1.54, 1.807) is 30.3 Å². The van der Waals surface area contributed by atoms with Crippen molar-refractivity contribution in [2.75, 3.05) is 6.61 Å². The van der Waals surface area contributed by atoms with E-state index in [1.807, 2.05) is 0 Å². The van der Waals surface area contributed by atoms with Crippen LogP contribution >= 0.6 is 0 Å². The highest BCUT2D eigenvalue weighted by Crippen LogP contribution is 2.48. The molecule has 1 atom stereocenters. The highest BCUT2D eigenvalue weighted by molar-refractivity contribution is 5.85. The van der Waals surface area contributed by atoms with Crippen LogP contribution in [-0.2, 0) is 4.79 Å². The molecule has 1 aliphatic rings. The molecule has 2 N–H and O–H groups in total. The molecule has 1 aromatic carbocycles. The Balaban J connectivity index is 2.51. The zero-order chi connectivity index (χ0) is 15.7. The third-order valence-electron chi connectivity index (χ3n) is 3.57. The predicted molar refractivity (Wildman–Crippen MR) is 70.3 cm³/mol. The fourth-order valence-electron chi connectivity index (χ4n) is 2.36. The summed E-state index contributed by atoms with van der Waals surface area (Å²) in [5.74, 6) is -1.97. The molecule has 0 amide bonds. The van der Waals surface area contributed by atoms with Crippen LogP contribution in [0, 0.1) is 5.41 Å². The molecule has 0 bridgehead atoms. The number of rotatable bonds is 3. The fraction of sp³-hybridized carbons (Fsp3) is 0.267. The smallest absolute Gasteiger partial charge is 0.408 e. The summed E-state index contributed by atoms with van der Waals surface area (Å²) in [4.78, 5) is 11.2. The van der Waals surface area contributed by atoms with E-state index < -0.39 is 30.6 Å². The van der Waals surface area contributed by atoms with E-state index in [-0.39, 0.29) is 5.57 Å². The van der Waals surface area contributed by atoms with Gasteiger partial charge in [-0.15, -0.1) is 0 Å². The van der Waals surface area contributed by atoms with Gasteiger partial charge in [-0.2, -0.15) is 13.2 Å². The van der Waals surface area contributed by atoms with Crippen LogP contribution in [0.2, 0.25) is 0 Å². The van der Waals surface area contributed by atoms with Gasteiger partial charge in [0.15, 0.2) is 5.41 Å². The lowest BCUT2D eigenvalue weighted by atomic mass is 9.74. The number of carbonyl (C=O) groups is 1. The first kappa shape index (κ1) is 15.3. The van der Waals surface area contributed by atoms with Gasteiger partial charge in [-0.1, -0.05) is 42.5 Å². The summed E-state index contributed by atoms with van der Waals surface area (Å²) in [6.45, 7) is -0.625. The number of alkyl halides is 3. The third-order valence-corrected chi connectivity index (χ3v) is 3.57. The zero-order valence-electron chi connectivity index (χ0n) is 10.9. The summed E-state index contributed by atoms with van der Waals surface area (Å²) >= 11 is 0. The normalized spacial score (nSPS) is 22.5. The Labute approximate surface area is 119 Å². The number of aliphatic hydroxyl groups is 1. The molecule has 6 heteroatoms. The van der Waals surface area contributed by atoms with Crippen LogP contribution in [0.4, 0.5) is 13.2 Å². The molecule has 0 saturated carbocycles.